The molecule has 3 nitrogen and oxygen atoms in total. The molecular formula is C17H20N2O. The predicted octanol–water partition coefficient (Wildman–Crippen LogP) is 3.62. The number of anilines is 2. The monoisotopic (exact) mass is 268 g/mol. The number of benzene rings is 2. The Kier molecular flexibility index (Phi) is 4.08. The maximum atomic E-state index is 12.6. The Morgan fingerprint density at radius 1 is 1.05 bits per heavy atom. The molecule has 0 saturated heterocycles. The van der Waals surface area contributed by atoms with Crippen LogP contribution >= 0.6 is 0 Å². The van der Waals surface area contributed by atoms with E-state index < -0.39 is 0 Å². The Labute approximate surface area is 120 Å². The Bertz CT molecular complexity index is 614. The summed E-state index contributed by atoms with van der Waals surface area (Å²) in [6, 6.07) is 13.7. The summed E-state index contributed by atoms with van der Waals surface area (Å²) in [5.74, 6) is -0.0139. The summed E-state index contributed by atoms with van der Waals surface area (Å²) >= 11 is 0. The SMILES string of the molecule is CNc1ccccc1C(=O)N(C)c1cc(C)cc(C)c1. The van der Waals surface area contributed by atoms with Gasteiger partial charge in [-0.05, 0) is 49.2 Å². The van der Waals surface area contributed by atoms with Crippen molar-refractivity contribution >= 4 is 17.3 Å². The second-order valence-corrected chi connectivity index (χ2v) is 5.01. The van der Waals surface area contributed by atoms with Crippen LogP contribution in [-0.2, 0) is 0 Å². The summed E-state index contributed by atoms with van der Waals surface area (Å²) in [6.45, 7) is 4.08. The Morgan fingerprint density at radius 3 is 2.25 bits per heavy atom. The van der Waals surface area contributed by atoms with Gasteiger partial charge in [0.05, 0.1) is 5.56 Å². The zero-order valence-electron chi connectivity index (χ0n) is 12.4. The van der Waals surface area contributed by atoms with Gasteiger partial charge in [-0.3, -0.25) is 4.79 Å². The average Bonchev–Trinajstić information content (AvgIpc) is 2.44. The summed E-state index contributed by atoms with van der Waals surface area (Å²) in [7, 11) is 3.63. The van der Waals surface area contributed by atoms with Crippen molar-refractivity contribution in [2.45, 2.75) is 13.8 Å². The molecule has 0 radical (unpaired) electrons. The van der Waals surface area contributed by atoms with Gasteiger partial charge in [-0.1, -0.05) is 18.2 Å². The quantitative estimate of drug-likeness (QED) is 0.922. The summed E-state index contributed by atoms with van der Waals surface area (Å²) < 4.78 is 0. The molecule has 2 aromatic rings. The van der Waals surface area contributed by atoms with Gasteiger partial charge >= 0.3 is 0 Å². The Morgan fingerprint density at radius 2 is 1.65 bits per heavy atom. The third kappa shape index (κ3) is 2.82. The molecule has 1 amide bonds. The summed E-state index contributed by atoms with van der Waals surface area (Å²) in [6.07, 6.45) is 0. The lowest BCUT2D eigenvalue weighted by atomic mass is 10.1. The lowest BCUT2D eigenvalue weighted by Gasteiger charge is -2.20. The number of para-hydroxylation sites is 1. The number of carbonyl (C=O) groups is 1. The van der Waals surface area contributed by atoms with E-state index in [1.54, 1.807) is 4.90 Å². The lowest BCUT2D eigenvalue weighted by molar-refractivity contribution is 0.0994. The van der Waals surface area contributed by atoms with E-state index in [4.69, 9.17) is 0 Å². The van der Waals surface area contributed by atoms with Crippen LogP contribution in [0.25, 0.3) is 0 Å². The van der Waals surface area contributed by atoms with Gasteiger partial charge in [0, 0.05) is 25.5 Å². The van der Waals surface area contributed by atoms with Gasteiger partial charge in [-0.25, -0.2) is 0 Å². The van der Waals surface area contributed by atoms with Gasteiger partial charge in [-0.15, -0.1) is 0 Å². The summed E-state index contributed by atoms with van der Waals surface area (Å²) in [5.41, 5.74) is 4.74. The fourth-order valence-corrected chi connectivity index (χ4v) is 2.33. The maximum absolute atomic E-state index is 12.6. The first-order chi connectivity index (χ1) is 9.52. The second-order valence-electron chi connectivity index (χ2n) is 5.01. The highest BCUT2D eigenvalue weighted by Crippen LogP contribution is 2.22. The van der Waals surface area contributed by atoms with Crippen molar-refractivity contribution in [2.24, 2.45) is 0 Å². The van der Waals surface area contributed by atoms with E-state index in [0.717, 1.165) is 22.5 Å². The van der Waals surface area contributed by atoms with Crippen LogP contribution in [0.1, 0.15) is 21.5 Å². The third-order valence-electron chi connectivity index (χ3n) is 3.33. The number of nitrogens with zero attached hydrogens (tertiary/aromatic N) is 1. The fraction of sp³-hybridized carbons (Fsp3) is 0.235. The number of aryl methyl sites for hydroxylation is 2. The Balaban J connectivity index is 2.37. The van der Waals surface area contributed by atoms with Gasteiger partial charge in [0.25, 0.3) is 5.91 Å². The van der Waals surface area contributed by atoms with E-state index >= 15 is 0 Å². The van der Waals surface area contributed by atoms with Gasteiger partial charge in [0.2, 0.25) is 0 Å². The van der Waals surface area contributed by atoms with E-state index in [1.165, 1.54) is 0 Å². The molecule has 0 unspecified atom stereocenters. The molecule has 1 N–H and O–H groups in total. The van der Waals surface area contributed by atoms with E-state index in [1.807, 2.05) is 64.3 Å². The largest absolute Gasteiger partial charge is 0.387 e. The molecule has 0 aromatic heterocycles. The minimum absolute atomic E-state index is 0.0139. The molecule has 0 aliphatic carbocycles. The molecule has 0 bridgehead atoms. The molecule has 0 saturated carbocycles. The van der Waals surface area contributed by atoms with Crippen molar-refractivity contribution in [2.75, 3.05) is 24.3 Å². The number of nitrogens with one attached hydrogen (secondary N) is 1. The molecule has 0 aliphatic heterocycles. The van der Waals surface area contributed by atoms with Crippen molar-refractivity contribution in [3.05, 3.63) is 59.2 Å². The number of rotatable bonds is 3. The highest BCUT2D eigenvalue weighted by molar-refractivity contribution is 6.09. The zero-order chi connectivity index (χ0) is 14.7. The smallest absolute Gasteiger partial charge is 0.260 e. The number of hydrogen-bond donors (Lipinski definition) is 1. The van der Waals surface area contributed by atoms with Crippen LogP contribution in [0.2, 0.25) is 0 Å². The molecule has 0 fully saturated rings. The number of carbonyl (C=O) groups excluding carboxylic acids is 1. The van der Waals surface area contributed by atoms with E-state index in [-0.39, 0.29) is 5.91 Å². The van der Waals surface area contributed by atoms with Gasteiger partial charge in [0.1, 0.15) is 0 Å². The normalized spacial score (nSPS) is 10.2. The van der Waals surface area contributed by atoms with Gasteiger partial charge < -0.3 is 10.2 Å². The topological polar surface area (TPSA) is 32.3 Å². The minimum atomic E-state index is -0.0139. The molecule has 0 atom stereocenters. The fourth-order valence-electron chi connectivity index (χ4n) is 2.33. The molecule has 2 rings (SSSR count). The highest BCUT2D eigenvalue weighted by atomic mass is 16.2. The van der Waals surface area contributed by atoms with Crippen LogP contribution in [0.3, 0.4) is 0 Å². The molecule has 0 aliphatic rings. The van der Waals surface area contributed by atoms with Gasteiger partial charge in [0.15, 0.2) is 0 Å². The summed E-state index contributed by atoms with van der Waals surface area (Å²) in [4.78, 5) is 14.3. The Hall–Kier alpha value is -2.29. The zero-order valence-corrected chi connectivity index (χ0v) is 12.4. The van der Waals surface area contributed by atoms with Crippen molar-refractivity contribution in [3.63, 3.8) is 0 Å². The van der Waals surface area contributed by atoms with E-state index in [9.17, 15) is 4.79 Å². The highest BCUT2D eigenvalue weighted by Gasteiger charge is 2.16. The van der Waals surface area contributed by atoms with E-state index in [2.05, 4.69) is 11.4 Å². The van der Waals surface area contributed by atoms with Crippen LogP contribution in [-0.4, -0.2) is 20.0 Å². The third-order valence-corrected chi connectivity index (χ3v) is 3.33. The van der Waals surface area contributed by atoms with Gasteiger partial charge in [-0.2, -0.15) is 0 Å². The molecule has 2 aromatic carbocycles. The molecule has 104 valence electrons. The first-order valence-corrected chi connectivity index (χ1v) is 6.66. The first kappa shape index (κ1) is 14.1. The van der Waals surface area contributed by atoms with Crippen LogP contribution < -0.4 is 10.2 Å². The number of hydrogen-bond acceptors (Lipinski definition) is 2. The summed E-state index contributed by atoms with van der Waals surface area (Å²) in [5, 5.41) is 3.06. The second kappa shape index (κ2) is 5.78. The standard InChI is InChI=1S/C17H20N2O/c1-12-9-13(2)11-14(10-12)19(4)17(20)15-7-5-6-8-16(15)18-3/h5-11,18H,1-4H3. The molecule has 3 heteroatoms. The minimum Gasteiger partial charge on any atom is -0.387 e. The number of amides is 1. The van der Waals surface area contributed by atoms with Crippen molar-refractivity contribution < 1.29 is 4.79 Å². The molecular weight excluding hydrogens is 248 g/mol. The van der Waals surface area contributed by atoms with Crippen LogP contribution in [0, 0.1) is 13.8 Å². The lowest BCUT2D eigenvalue weighted by Crippen LogP contribution is -2.27. The molecule has 20 heavy (non-hydrogen) atoms. The maximum Gasteiger partial charge on any atom is 0.260 e. The van der Waals surface area contributed by atoms with Crippen LogP contribution in [0.5, 0.6) is 0 Å². The molecule has 0 spiro atoms. The molecule has 0 heterocycles. The first-order valence-electron chi connectivity index (χ1n) is 6.66. The predicted molar refractivity (Wildman–Crippen MR) is 84.6 cm³/mol. The average molecular weight is 268 g/mol. The van der Waals surface area contributed by atoms with Crippen LogP contribution in [0.15, 0.2) is 42.5 Å². The van der Waals surface area contributed by atoms with Crippen molar-refractivity contribution in [1.29, 1.82) is 0 Å². The van der Waals surface area contributed by atoms with Crippen LogP contribution in [0.4, 0.5) is 11.4 Å². The van der Waals surface area contributed by atoms with Crippen molar-refractivity contribution in [1.82, 2.24) is 0 Å². The van der Waals surface area contributed by atoms with Crippen molar-refractivity contribution in [3.8, 4) is 0 Å². The van der Waals surface area contributed by atoms with E-state index in [0.29, 0.717) is 5.56 Å².